The van der Waals surface area contributed by atoms with Crippen LogP contribution in [-0.4, -0.2) is 47.9 Å². The summed E-state index contributed by atoms with van der Waals surface area (Å²) in [7, 11) is 2.99. The number of rotatable bonds is 11. The highest BCUT2D eigenvalue weighted by Gasteiger charge is 2.28. The highest BCUT2D eigenvalue weighted by atomic mass is 19.1. The third-order valence-corrected chi connectivity index (χ3v) is 5.87. The Morgan fingerprint density at radius 2 is 1.75 bits per heavy atom. The average Bonchev–Trinajstić information content (AvgIpc) is 2.87. The maximum absolute atomic E-state index is 13.8. The molecule has 36 heavy (non-hydrogen) atoms. The topological polar surface area (TPSA) is 98.1 Å². The van der Waals surface area contributed by atoms with E-state index in [1.165, 1.54) is 20.3 Å². The number of ketones is 1. The highest BCUT2D eigenvalue weighted by Crippen LogP contribution is 2.34. The SMILES string of the molecule is COc1cc(C(=O)CCC(C)(O)c2ccc(OC)c(-c3ccc(F)c(C)c3)n2)ccc1OC[C@@H](C)O. The van der Waals surface area contributed by atoms with E-state index in [-0.39, 0.29) is 31.0 Å². The highest BCUT2D eigenvalue weighted by molar-refractivity contribution is 5.96. The number of halogens is 1. The molecule has 1 heterocycles. The first-order valence-electron chi connectivity index (χ1n) is 11.6. The number of methoxy groups -OCH3 is 2. The molecule has 3 rings (SSSR count). The van der Waals surface area contributed by atoms with Crippen LogP contribution >= 0.6 is 0 Å². The number of carbonyl (C=O) groups excluding carboxylic acids is 1. The lowest BCUT2D eigenvalue weighted by molar-refractivity contribution is 0.0397. The molecular weight excluding hydrogens is 465 g/mol. The molecule has 0 aliphatic rings. The molecule has 7 nitrogen and oxygen atoms in total. The summed E-state index contributed by atoms with van der Waals surface area (Å²) in [6.07, 6.45) is -0.462. The minimum absolute atomic E-state index is 0.0583. The number of aryl methyl sites for hydroxylation is 1. The summed E-state index contributed by atoms with van der Waals surface area (Å²) >= 11 is 0. The first-order valence-corrected chi connectivity index (χ1v) is 11.6. The van der Waals surface area contributed by atoms with Crippen molar-refractivity contribution in [3.05, 3.63) is 71.2 Å². The van der Waals surface area contributed by atoms with Crippen LogP contribution in [0.3, 0.4) is 0 Å². The van der Waals surface area contributed by atoms with Crippen molar-refractivity contribution < 1.29 is 33.6 Å². The normalized spacial score (nSPS) is 13.6. The zero-order valence-electron chi connectivity index (χ0n) is 21.2. The maximum Gasteiger partial charge on any atom is 0.163 e. The van der Waals surface area contributed by atoms with Gasteiger partial charge in [0.25, 0.3) is 0 Å². The van der Waals surface area contributed by atoms with Gasteiger partial charge in [0.05, 0.1) is 26.0 Å². The third-order valence-electron chi connectivity index (χ3n) is 5.87. The molecule has 0 aliphatic carbocycles. The number of ether oxygens (including phenoxy) is 3. The number of aromatic nitrogens is 1. The molecule has 0 saturated heterocycles. The molecule has 0 aliphatic heterocycles. The van der Waals surface area contributed by atoms with Gasteiger partial charge in [0.15, 0.2) is 17.3 Å². The second-order valence-electron chi connectivity index (χ2n) is 8.93. The van der Waals surface area contributed by atoms with E-state index in [2.05, 4.69) is 4.98 Å². The first-order chi connectivity index (χ1) is 17.1. The summed E-state index contributed by atoms with van der Waals surface area (Å²) in [5.74, 6) is 0.788. The molecule has 2 aromatic carbocycles. The number of aliphatic hydroxyl groups is 2. The van der Waals surface area contributed by atoms with Crippen LogP contribution in [0.25, 0.3) is 11.3 Å². The fourth-order valence-corrected chi connectivity index (χ4v) is 3.71. The van der Waals surface area contributed by atoms with Crippen LogP contribution in [-0.2, 0) is 5.60 Å². The van der Waals surface area contributed by atoms with Crippen molar-refractivity contribution in [2.75, 3.05) is 20.8 Å². The second kappa shape index (κ2) is 11.5. The minimum Gasteiger partial charge on any atom is -0.494 e. The molecule has 0 saturated carbocycles. The number of Topliss-reactive ketones (excluding diaryl/α,β-unsaturated/α-hetero) is 1. The number of aliphatic hydroxyl groups excluding tert-OH is 1. The lowest BCUT2D eigenvalue weighted by Gasteiger charge is -2.24. The fourth-order valence-electron chi connectivity index (χ4n) is 3.71. The Kier molecular flexibility index (Phi) is 8.66. The van der Waals surface area contributed by atoms with Crippen LogP contribution in [0.4, 0.5) is 4.39 Å². The summed E-state index contributed by atoms with van der Waals surface area (Å²) < 4.78 is 30.0. The van der Waals surface area contributed by atoms with Crippen LogP contribution in [0.1, 0.15) is 48.3 Å². The Labute approximate surface area is 210 Å². The smallest absolute Gasteiger partial charge is 0.163 e. The average molecular weight is 498 g/mol. The molecule has 0 spiro atoms. The lowest BCUT2D eigenvalue weighted by atomic mass is 9.92. The van der Waals surface area contributed by atoms with E-state index in [1.54, 1.807) is 63.2 Å². The number of pyridine rings is 1. The second-order valence-corrected chi connectivity index (χ2v) is 8.93. The molecule has 0 bridgehead atoms. The van der Waals surface area contributed by atoms with E-state index in [0.717, 1.165) is 0 Å². The van der Waals surface area contributed by atoms with E-state index >= 15 is 0 Å². The summed E-state index contributed by atoms with van der Waals surface area (Å²) in [6.45, 7) is 4.97. The molecule has 3 aromatic rings. The van der Waals surface area contributed by atoms with Crippen LogP contribution in [0, 0.1) is 12.7 Å². The van der Waals surface area contributed by atoms with Crippen LogP contribution in [0.5, 0.6) is 17.2 Å². The zero-order chi connectivity index (χ0) is 26.5. The van der Waals surface area contributed by atoms with Gasteiger partial charge in [-0.3, -0.25) is 4.79 Å². The molecule has 0 radical (unpaired) electrons. The van der Waals surface area contributed by atoms with Gasteiger partial charge in [-0.1, -0.05) is 0 Å². The van der Waals surface area contributed by atoms with E-state index in [0.29, 0.717) is 45.3 Å². The molecular formula is C28H32FNO6. The summed E-state index contributed by atoms with van der Waals surface area (Å²) in [6, 6.07) is 12.8. The number of hydrogen-bond donors (Lipinski definition) is 2. The van der Waals surface area contributed by atoms with Gasteiger partial charge in [0.1, 0.15) is 29.5 Å². The summed E-state index contributed by atoms with van der Waals surface area (Å²) in [5, 5.41) is 20.6. The number of nitrogens with zero attached hydrogens (tertiary/aromatic N) is 1. The quantitative estimate of drug-likeness (QED) is 0.366. The van der Waals surface area contributed by atoms with Crippen LogP contribution < -0.4 is 14.2 Å². The van der Waals surface area contributed by atoms with Crippen LogP contribution in [0.15, 0.2) is 48.5 Å². The van der Waals surface area contributed by atoms with E-state index < -0.39 is 11.7 Å². The molecule has 2 atom stereocenters. The van der Waals surface area contributed by atoms with Crippen molar-refractivity contribution >= 4 is 5.78 Å². The fraction of sp³-hybridized carbons (Fsp3) is 0.357. The number of benzene rings is 2. The Morgan fingerprint density at radius 1 is 1.06 bits per heavy atom. The standard InChI is InChI=1S/C28H32FNO6/c1-17-14-20(6-8-21(17)29)27-24(34-4)10-11-26(30-27)28(3,33)13-12-22(32)19-7-9-23(25(15-19)35-5)36-16-18(2)31/h6-11,14-15,18,31,33H,12-13,16H2,1-5H3/t18-,28?/m1/s1. The van der Waals surface area contributed by atoms with Crippen molar-refractivity contribution in [3.63, 3.8) is 0 Å². The molecule has 1 unspecified atom stereocenters. The first kappa shape index (κ1) is 27.1. The largest absolute Gasteiger partial charge is 0.494 e. The van der Waals surface area contributed by atoms with E-state index in [4.69, 9.17) is 14.2 Å². The van der Waals surface area contributed by atoms with Gasteiger partial charge in [0, 0.05) is 17.5 Å². The molecule has 192 valence electrons. The van der Waals surface area contributed by atoms with Gasteiger partial charge in [-0.2, -0.15) is 0 Å². The van der Waals surface area contributed by atoms with E-state index in [9.17, 15) is 19.4 Å². The van der Waals surface area contributed by atoms with Gasteiger partial charge in [-0.15, -0.1) is 0 Å². The predicted octanol–water partition coefficient (Wildman–Crippen LogP) is 4.84. The number of carbonyl (C=O) groups is 1. The lowest BCUT2D eigenvalue weighted by Crippen LogP contribution is -2.24. The van der Waals surface area contributed by atoms with E-state index in [1.807, 2.05) is 0 Å². The zero-order valence-corrected chi connectivity index (χ0v) is 21.2. The van der Waals surface area contributed by atoms with Gasteiger partial charge >= 0.3 is 0 Å². The van der Waals surface area contributed by atoms with Crippen molar-refractivity contribution in [3.8, 4) is 28.5 Å². The molecule has 0 amide bonds. The van der Waals surface area contributed by atoms with Crippen molar-refractivity contribution in [2.24, 2.45) is 0 Å². The van der Waals surface area contributed by atoms with Gasteiger partial charge in [-0.25, -0.2) is 9.37 Å². The summed E-state index contributed by atoms with van der Waals surface area (Å²) in [5.41, 5.74) is 0.976. The Morgan fingerprint density at radius 3 is 2.39 bits per heavy atom. The molecule has 1 aromatic heterocycles. The Hall–Kier alpha value is -3.49. The Balaban J connectivity index is 1.79. The van der Waals surface area contributed by atoms with Gasteiger partial charge < -0.3 is 24.4 Å². The minimum atomic E-state index is -1.41. The monoisotopic (exact) mass is 497 g/mol. The molecule has 8 heteroatoms. The van der Waals surface area contributed by atoms with Crippen LogP contribution in [0.2, 0.25) is 0 Å². The van der Waals surface area contributed by atoms with Crippen molar-refractivity contribution in [1.29, 1.82) is 0 Å². The summed E-state index contributed by atoms with van der Waals surface area (Å²) in [4.78, 5) is 17.5. The third kappa shape index (κ3) is 6.38. The van der Waals surface area contributed by atoms with Gasteiger partial charge in [0.2, 0.25) is 0 Å². The van der Waals surface area contributed by atoms with Gasteiger partial charge in [-0.05, 0) is 81.3 Å². The van der Waals surface area contributed by atoms with Crippen molar-refractivity contribution in [1.82, 2.24) is 4.98 Å². The molecule has 2 N–H and O–H groups in total. The maximum atomic E-state index is 13.8. The van der Waals surface area contributed by atoms with Crippen molar-refractivity contribution in [2.45, 2.75) is 45.3 Å². The molecule has 0 fully saturated rings. The predicted molar refractivity (Wildman–Crippen MR) is 134 cm³/mol. The Bertz CT molecular complexity index is 1220. The number of hydrogen-bond acceptors (Lipinski definition) is 7.